The van der Waals surface area contributed by atoms with Crippen LogP contribution in [0.4, 0.5) is 8.78 Å². The standard InChI is InChI=1S/C26H26F2N2O/c27-23-10-6-20(7-11-23)26(21-8-12-24(28)13-9-21)17-22(26)16-25(31)30-15-2-1-4-19-5-3-14-29-18-19/h3,5-14,18,22H,1-2,4,15-17H2,(H,30,31)/t22-/m1/s1. The van der Waals surface area contributed by atoms with Crippen molar-refractivity contribution < 1.29 is 13.6 Å². The van der Waals surface area contributed by atoms with Gasteiger partial charge in [0.05, 0.1) is 0 Å². The van der Waals surface area contributed by atoms with Gasteiger partial charge in [-0.3, -0.25) is 9.78 Å². The fourth-order valence-electron chi connectivity index (χ4n) is 4.47. The predicted octanol–water partition coefficient (Wildman–Crippen LogP) is 5.20. The van der Waals surface area contributed by atoms with E-state index in [1.54, 1.807) is 30.5 Å². The molecule has 0 bridgehead atoms. The fraction of sp³-hybridized carbons (Fsp3) is 0.308. The zero-order valence-corrected chi connectivity index (χ0v) is 17.4. The van der Waals surface area contributed by atoms with Crippen molar-refractivity contribution in [2.45, 2.75) is 37.5 Å². The molecule has 1 fully saturated rings. The molecule has 1 atom stereocenters. The molecule has 0 radical (unpaired) electrons. The van der Waals surface area contributed by atoms with Crippen LogP contribution in [0.15, 0.2) is 73.1 Å². The number of amides is 1. The van der Waals surface area contributed by atoms with Crippen molar-refractivity contribution >= 4 is 5.91 Å². The number of hydrogen-bond acceptors (Lipinski definition) is 2. The molecule has 1 amide bonds. The Balaban J connectivity index is 1.33. The number of pyridine rings is 1. The first-order valence-corrected chi connectivity index (χ1v) is 10.8. The number of rotatable bonds is 9. The maximum absolute atomic E-state index is 13.5. The molecule has 3 nitrogen and oxygen atoms in total. The van der Waals surface area contributed by atoms with Crippen molar-refractivity contribution in [3.8, 4) is 0 Å². The Morgan fingerprint density at radius 1 is 0.968 bits per heavy atom. The third-order valence-electron chi connectivity index (χ3n) is 6.19. The van der Waals surface area contributed by atoms with E-state index >= 15 is 0 Å². The number of aromatic nitrogens is 1. The van der Waals surface area contributed by atoms with Crippen LogP contribution >= 0.6 is 0 Å². The van der Waals surface area contributed by atoms with Crippen LogP contribution in [-0.4, -0.2) is 17.4 Å². The average molecular weight is 421 g/mol. The molecular formula is C26H26F2N2O. The summed E-state index contributed by atoms with van der Waals surface area (Å²) in [7, 11) is 0. The highest BCUT2D eigenvalue weighted by Crippen LogP contribution is 2.60. The molecule has 160 valence electrons. The SMILES string of the molecule is O=C(C[C@@H]1CC1(c1ccc(F)cc1)c1ccc(F)cc1)NCCCCc1cccnc1. The molecule has 1 aromatic heterocycles. The van der Waals surface area contributed by atoms with Gasteiger partial charge in [0.2, 0.25) is 5.91 Å². The van der Waals surface area contributed by atoms with E-state index in [4.69, 9.17) is 0 Å². The van der Waals surface area contributed by atoms with E-state index in [-0.39, 0.29) is 28.9 Å². The van der Waals surface area contributed by atoms with Crippen molar-refractivity contribution in [2.24, 2.45) is 5.92 Å². The second kappa shape index (κ2) is 9.38. The zero-order valence-electron chi connectivity index (χ0n) is 17.4. The van der Waals surface area contributed by atoms with Crippen molar-refractivity contribution in [3.63, 3.8) is 0 Å². The molecular weight excluding hydrogens is 394 g/mol. The molecule has 1 aliphatic carbocycles. The van der Waals surface area contributed by atoms with Gasteiger partial charge in [-0.25, -0.2) is 8.78 Å². The molecule has 0 saturated heterocycles. The first kappa shape index (κ1) is 21.2. The van der Waals surface area contributed by atoms with Gasteiger partial charge in [-0.2, -0.15) is 0 Å². The molecule has 31 heavy (non-hydrogen) atoms. The minimum Gasteiger partial charge on any atom is -0.356 e. The Labute approximate surface area is 181 Å². The molecule has 5 heteroatoms. The third kappa shape index (κ3) is 4.98. The Kier molecular flexibility index (Phi) is 6.40. The molecule has 4 rings (SSSR count). The highest BCUT2D eigenvalue weighted by molar-refractivity contribution is 5.77. The second-order valence-electron chi connectivity index (χ2n) is 8.26. The van der Waals surface area contributed by atoms with Gasteiger partial charge in [-0.1, -0.05) is 30.3 Å². The van der Waals surface area contributed by atoms with E-state index in [2.05, 4.69) is 16.4 Å². The molecule has 1 saturated carbocycles. The average Bonchev–Trinajstić information content (AvgIpc) is 3.49. The van der Waals surface area contributed by atoms with E-state index < -0.39 is 0 Å². The summed E-state index contributed by atoms with van der Waals surface area (Å²) in [6.45, 7) is 0.645. The molecule has 1 heterocycles. The van der Waals surface area contributed by atoms with Gasteiger partial charge in [0.15, 0.2) is 0 Å². The van der Waals surface area contributed by atoms with Gasteiger partial charge < -0.3 is 5.32 Å². The first-order valence-electron chi connectivity index (χ1n) is 10.8. The topological polar surface area (TPSA) is 42.0 Å². The minimum atomic E-state index is -0.362. The second-order valence-corrected chi connectivity index (χ2v) is 8.26. The van der Waals surface area contributed by atoms with Crippen molar-refractivity contribution in [2.75, 3.05) is 6.54 Å². The molecule has 1 N–H and O–H groups in total. The van der Waals surface area contributed by atoms with Gasteiger partial charge in [-0.15, -0.1) is 0 Å². The van der Waals surface area contributed by atoms with E-state index in [0.29, 0.717) is 13.0 Å². The summed E-state index contributed by atoms with van der Waals surface area (Å²) < 4.78 is 26.9. The maximum atomic E-state index is 13.5. The van der Waals surface area contributed by atoms with Gasteiger partial charge in [0.1, 0.15) is 11.6 Å². The first-order chi connectivity index (χ1) is 15.1. The van der Waals surface area contributed by atoms with E-state index in [9.17, 15) is 13.6 Å². The lowest BCUT2D eigenvalue weighted by Gasteiger charge is -2.19. The van der Waals surface area contributed by atoms with Gasteiger partial charge in [0, 0.05) is 30.8 Å². The number of unbranched alkanes of at least 4 members (excludes halogenated alkanes) is 1. The van der Waals surface area contributed by atoms with Gasteiger partial charge in [0.25, 0.3) is 0 Å². The lowest BCUT2D eigenvalue weighted by Crippen LogP contribution is -2.26. The van der Waals surface area contributed by atoms with Crippen molar-refractivity contribution in [3.05, 3.63) is 101 Å². The molecule has 0 unspecified atom stereocenters. The summed E-state index contributed by atoms with van der Waals surface area (Å²) in [5.74, 6) is -0.449. The Morgan fingerprint density at radius 2 is 1.61 bits per heavy atom. The smallest absolute Gasteiger partial charge is 0.220 e. The molecule has 3 aromatic rings. The van der Waals surface area contributed by atoms with E-state index in [1.807, 2.05) is 12.3 Å². The predicted molar refractivity (Wildman–Crippen MR) is 116 cm³/mol. The summed E-state index contributed by atoms with van der Waals surface area (Å²) in [5.41, 5.74) is 2.78. The summed E-state index contributed by atoms with van der Waals surface area (Å²) >= 11 is 0. The van der Waals surface area contributed by atoms with Crippen LogP contribution in [0, 0.1) is 17.6 Å². The van der Waals surface area contributed by atoms with Crippen LogP contribution in [0.5, 0.6) is 0 Å². The summed E-state index contributed by atoms with van der Waals surface area (Å²) in [4.78, 5) is 16.7. The Morgan fingerprint density at radius 3 is 2.19 bits per heavy atom. The summed E-state index contributed by atoms with van der Waals surface area (Å²) in [6, 6.07) is 16.9. The Bertz CT molecular complexity index is 958. The lowest BCUT2D eigenvalue weighted by atomic mass is 9.85. The van der Waals surface area contributed by atoms with Crippen LogP contribution in [0.3, 0.4) is 0 Å². The number of carbonyl (C=O) groups excluding carboxylic acids is 1. The van der Waals surface area contributed by atoms with Gasteiger partial charge in [-0.05, 0) is 78.6 Å². The van der Waals surface area contributed by atoms with Crippen LogP contribution in [0.1, 0.15) is 42.4 Å². The van der Waals surface area contributed by atoms with E-state index in [0.717, 1.165) is 36.8 Å². The number of hydrogen-bond donors (Lipinski definition) is 1. The van der Waals surface area contributed by atoms with Crippen LogP contribution in [0.25, 0.3) is 0 Å². The normalized spacial score (nSPS) is 16.6. The van der Waals surface area contributed by atoms with Crippen LogP contribution in [0.2, 0.25) is 0 Å². The molecule has 2 aromatic carbocycles. The lowest BCUT2D eigenvalue weighted by molar-refractivity contribution is -0.121. The quantitative estimate of drug-likeness (QED) is 0.484. The number of carbonyl (C=O) groups is 1. The van der Waals surface area contributed by atoms with Crippen molar-refractivity contribution in [1.29, 1.82) is 0 Å². The molecule has 0 aliphatic heterocycles. The fourth-order valence-corrected chi connectivity index (χ4v) is 4.47. The maximum Gasteiger partial charge on any atom is 0.220 e. The number of nitrogens with zero attached hydrogens (tertiary/aromatic N) is 1. The zero-order chi connectivity index (χ0) is 21.7. The highest BCUT2D eigenvalue weighted by atomic mass is 19.1. The largest absolute Gasteiger partial charge is 0.356 e. The van der Waals surface area contributed by atoms with E-state index in [1.165, 1.54) is 29.8 Å². The van der Waals surface area contributed by atoms with Crippen LogP contribution < -0.4 is 5.32 Å². The summed E-state index contributed by atoms with van der Waals surface area (Å²) in [5, 5.41) is 3.02. The van der Waals surface area contributed by atoms with Crippen molar-refractivity contribution in [1.82, 2.24) is 10.3 Å². The summed E-state index contributed by atoms with van der Waals surface area (Å²) in [6.07, 6.45) is 7.67. The van der Waals surface area contributed by atoms with Gasteiger partial charge >= 0.3 is 0 Å². The number of aryl methyl sites for hydroxylation is 1. The van der Waals surface area contributed by atoms with Crippen LogP contribution in [-0.2, 0) is 16.6 Å². The molecule has 0 spiro atoms. The third-order valence-corrected chi connectivity index (χ3v) is 6.19. The number of halogens is 2. The highest BCUT2D eigenvalue weighted by Gasteiger charge is 2.56. The molecule has 1 aliphatic rings. The minimum absolute atomic E-state index is 0.0254. The number of benzene rings is 2. The Hall–Kier alpha value is -3.08. The number of nitrogens with one attached hydrogen (secondary N) is 1. The monoisotopic (exact) mass is 420 g/mol.